The van der Waals surface area contributed by atoms with Crippen LogP contribution in [-0.4, -0.2) is 25.6 Å². The van der Waals surface area contributed by atoms with Gasteiger partial charge in [0.1, 0.15) is 11.8 Å². The van der Waals surface area contributed by atoms with E-state index in [9.17, 15) is 13.6 Å². The first-order valence-electron chi connectivity index (χ1n) is 7.78. The fraction of sp³-hybridized carbons (Fsp3) is 0.353. The number of alkyl halides is 2. The molecule has 2 atom stereocenters. The normalized spacial score (nSPS) is 19.8. The van der Waals surface area contributed by atoms with Gasteiger partial charge in [-0.15, -0.1) is 11.3 Å². The molecule has 0 spiro atoms. The lowest BCUT2D eigenvalue weighted by atomic mass is 10.0. The number of hydrogen-bond donors (Lipinski definition) is 2. The van der Waals surface area contributed by atoms with Crippen molar-refractivity contribution in [3.05, 3.63) is 46.2 Å². The molecule has 1 unspecified atom stereocenters. The van der Waals surface area contributed by atoms with Gasteiger partial charge in [0.25, 0.3) is 5.91 Å². The summed E-state index contributed by atoms with van der Waals surface area (Å²) in [6.45, 7) is 0.607. The summed E-state index contributed by atoms with van der Waals surface area (Å²) >= 11 is 1.78. The predicted octanol–water partition coefficient (Wildman–Crippen LogP) is 2.49. The maximum Gasteiger partial charge on any atom is 0.387 e. The molecule has 0 bridgehead atoms. The van der Waals surface area contributed by atoms with Gasteiger partial charge < -0.3 is 15.0 Å². The van der Waals surface area contributed by atoms with Crippen LogP contribution in [0.4, 0.5) is 14.5 Å². The molecule has 2 aromatic rings. The Bertz CT molecular complexity index is 703. The quantitative estimate of drug-likeness (QED) is 0.867. The lowest BCUT2D eigenvalue weighted by Crippen LogP contribution is -3.14. The van der Waals surface area contributed by atoms with Crippen molar-refractivity contribution in [2.75, 3.05) is 18.4 Å². The molecule has 4 nitrogen and oxygen atoms in total. The number of rotatable bonds is 5. The Hall–Kier alpha value is -1.99. The number of fused-ring (bicyclic) bond motifs is 1. The lowest BCUT2D eigenvalue weighted by molar-refractivity contribution is -0.923. The summed E-state index contributed by atoms with van der Waals surface area (Å²) in [5.74, 6) is -0.0127. The molecule has 1 amide bonds. The Morgan fingerprint density at radius 3 is 2.83 bits per heavy atom. The topological polar surface area (TPSA) is 42.8 Å². The molecule has 3 rings (SSSR count). The molecule has 1 aromatic carbocycles. The minimum Gasteiger partial charge on any atom is -0.435 e. The largest absolute Gasteiger partial charge is 0.435 e. The van der Waals surface area contributed by atoms with Crippen molar-refractivity contribution in [3.8, 4) is 5.75 Å². The SMILES string of the molecule is C[C@@H]1c2ccsc2CC[NH+]1CC(=O)Nc1ccc(OC(F)F)cc1. The molecule has 2 N–H and O–H groups in total. The van der Waals surface area contributed by atoms with Gasteiger partial charge in [0.05, 0.1) is 6.54 Å². The summed E-state index contributed by atoms with van der Waals surface area (Å²) in [7, 11) is 0. The van der Waals surface area contributed by atoms with E-state index in [1.807, 2.05) is 0 Å². The van der Waals surface area contributed by atoms with E-state index in [2.05, 4.69) is 28.4 Å². The Balaban J connectivity index is 1.56. The average molecular weight is 353 g/mol. The maximum absolute atomic E-state index is 12.3. The molecule has 7 heteroatoms. The van der Waals surface area contributed by atoms with Crippen LogP contribution in [0.3, 0.4) is 0 Å². The molecule has 24 heavy (non-hydrogen) atoms. The van der Waals surface area contributed by atoms with Gasteiger partial charge in [-0.25, -0.2) is 0 Å². The minimum absolute atomic E-state index is 0.0725. The van der Waals surface area contributed by atoms with Gasteiger partial charge in [0.15, 0.2) is 6.54 Å². The molecule has 0 aliphatic carbocycles. The van der Waals surface area contributed by atoms with E-state index in [0.717, 1.165) is 13.0 Å². The highest BCUT2D eigenvalue weighted by molar-refractivity contribution is 7.10. The number of nitrogens with one attached hydrogen (secondary N) is 2. The summed E-state index contributed by atoms with van der Waals surface area (Å²) in [6, 6.07) is 8.38. The van der Waals surface area contributed by atoms with Crippen LogP contribution in [-0.2, 0) is 11.2 Å². The predicted molar refractivity (Wildman–Crippen MR) is 88.8 cm³/mol. The van der Waals surface area contributed by atoms with Crippen molar-refractivity contribution >= 4 is 22.9 Å². The molecule has 0 radical (unpaired) electrons. The van der Waals surface area contributed by atoms with E-state index >= 15 is 0 Å². The number of quaternary nitrogens is 1. The number of anilines is 1. The van der Waals surface area contributed by atoms with Gasteiger partial charge in [-0.1, -0.05) is 0 Å². The van der Waals surface area contributed by atoms with Gasteiger partial charge in [0, 0.05) is 22.5 Å². The summed E-state index contributed by atoms with van der Waals surface area (Å²) < 4.78 is 28.5. The highest BCUT2D eigenvalue weighted by Crippen LogP contribution is 2.24. The molecule has 2 heterocycles. The summed E-state index contributed by atoms with van der Waals surface area (Å²) in [4.78, 5) is 14.9. The third-order valence-electron chi connectivity index (χ3n) is 4.28. The van der Waals surface area contributed by atoms with Crippen LogP contribution in [0.2, 0.25) is 0 Å². The number of ether oxygens (including phenoxy) is 1. The van der Waals surface area contributed by atoms with Gasteiger partial charge in [-0.2, -0.15) is 8.78 Å². The zero-order valence-electron chi connectivity index (χ0n) is 13.2. The van der Waals surface area contributed by atoms with E-state index in [4.69, 9.17) is 0 Å². The maximum atomic E-state index is 12.3. The Kier molecular flexibility index (Phi) is 5.11. The molecule has 1 aromatic heterocycles. The zero-order chi connectivity index (χ0) is 17.1. The number of carbonyl (C=O) groups is 1. The first-order chi connectivity index (χ1) is 11.5. The number of halogens is 2. The van der Waals surface area contributed by atoms with Crippen LogP contribution in [0.5, 0.6) is 5.75 Å². The van der Waals surface area contributed by atoms with Gasteiger partial charge in [0.2, 0.25) is 0 Å². The lowest BCUT2D eigenvalue weighted by Gasteiger charge is -2.29. The third kappa shape index (κ3) is 3.91. The van der Waals surface area contributed by atoms with Crippen LogP contribution >= 0.6 is 11.3 Å². The summed E-state index contributed by atoms with van der Waals surface area (Å²) in [5.41, 5.74) is 1.91. The molecular formula is C17H19F2N2O2S+. The van der Waals surface area contributed by atoms with E-state index in [1.54, 1.807) is 23.5 Å². The second kappa shape index (κ2) is 7.27. The van der Waals surface area contributed by atoms with Crippen molar-refractivity contribution in [2.24, 2.45) is 0 Å². The number of amides is 1. The summed E-state index contributed by atoms with van der Waals surface area (Å²) in [6.07, 6.45) is 1.000. The van der Waals surface area contributed by atoms with Crippen LogP contribution < -0.4 is 15.0 Å². The number of thiophene rings is 1. The molecule has 0 fully saturated rings. The number of carbonyl (C=O) groups excluding carboxylic acids is 1. The second-order valence-electron chi connectivity index (χ2n) is 5.81. The Morgan fingerprint density at radius 1 is 1.38 bits per heavy atom. The molecule has 0 saturated carbocycles. The number of benzene rings is 1. The van der Waals surface area contributed by atoms with Crippen molar-refractivity contribution in [3.63, 3.8) is 0 Å². The highest BCUT2D eigenvalue weighted by atomic mass is 32.1. The van der Waals surface area contributed by atoms with Crippen LogP contribution in [0.15, 0.2) is 35.7 Å². The van der Waals surface area contributed by atoms with Gasteiger partial charge >= 0.3 is 6.61 Å². The van der Waals surface area contributed by atoms with E-state index < -0.39 is 6.61 Å². The van der Waals surface area contributed by atoms with Crippen molar-refractivity contribution in [1.29, 1.82) is 0 Å². The van der Waals surface area contributed by atoms with E-state index in [0.29, 0.717) is 18.3 Å². The first-order valence-corrected chi connectivity index (χ1v) is 8.66. The van der Waals surface area contributed by atoms with Crippen LogP contribution in [0, 0.1) is 0 Å². The molecular weight excluding hydrogens is 334 g/mol. The Morgan fingerprint density at radius 2 is 2.12 bits per heavy atom. The fourth-order valence-corrected chi connectivity index (χ4v) is 4.00. The molecule has 1 aliphatic rings. The fourth-order valence-electron chi connectivity index (χ4n) is 3.02. The van der Waals surface area contributed by atoms with E-state index in [1.165, 1.54) is 27.5 Å². The van der Waals surface area contributed by atoms with E-state index in [-0.39, 0.29) is 11.7 Å². The molecule has 1 aliphatic heterocycles. The average Bonchev–Trinajstić information content (AvgIpc) is 3.01. The third-order valence-corrected chi connectivity index (χ3v) is 5.28. The molecule has 0 saturated heterocycles. The van der Waals surface area contributed by atoms with Crippen LogP contribution in [0.1, 0.15) is 23.4 Å². The van der Waals surface area contributed by atoms with Crippen molar-refractivity contribution < 1.29 is 23.2 Å². The molecule has 128 valence electrons. The zero-order valence-corrected chi connectivity index (χ0v) is 14.0. The van der Waals surface area contributed by atoms with Crippen molar-refractivity contribution in [1.82, 2.24) is 0 Å². The second-order valence-corrected chi connectivity index (χ2v) is 6.81. The Labute approximate surface area is 143 Å². The van der Waals surface area contributed by atoms with Gasteiger partial charge in [-0.3, -0.25) is 4.79 Å². The number of hydrogen-bond acceptors (Lipinski definition) is 3. The monoisotopic (exact) mass is 353 g/mol. The van der Waals surface area contributed by atoms with Crippen LogP contribution in [0.25, 0.3) is 0 Å². The highest BCUT2D eigenvalue weighted by Gasteiger charge is 2.29. The van der Waals surface area contributed by atoms with Gasteiger partial charge in [-0.05, 0) is 42.6 Å². The summed E-state index contributed by atoms with van der Waals surface area (Å²) in [5, 5.41) is 4.91. The minimum atomic E-state index is -2.85. The standard InChI is InChI=1S/C17H18F2N2O2S/c1-11-14-7-9-24-15(14)6-8-21(11)10-16(22)20-12-2-4-13(5-3-12)23-17(18)19/h2-5,7,9,11,17H,6,8,10H2,1H3,(H,20,22)/p+1/t11-/m1/s1. The van der Waals surface area contributed by atoms with Crippen molar-refractivity contribution in [2.45, 2.75) is 26.0 Å². The smallest absolute Gasteiger partial charge is 0.387 e. The first kappa shape index (κ1) is 16.9.